The van der Waals surface area contributed by atoms with Crippen LogP contribution in [0.4, 0.5) is 4.79 Å². The number of carbonyl (C=O) groups is 1. The minimum absolute atomic E-state index is 0.238. The number of hydrogen-bond donors (Lipinski definition) is 1. The summed E-state index contributed by atoms with van der Waals surface area (Å²) in [5.41, 5.74) is 0. The Hall–Kier alpha value is -1.55. The molecule has 0 bridgehead atoms. The summed E-state index contributed by atoms with van der Waals surface area (Å²) in [4.78, 5) is 14.1. The molecule has 4 heteroatoms. The Kier molecular flexibility index (Phi) is 5.87. The number of rotatable bonds is 6. The predicted molar refractivity (Wildman–Crippen MR) is 80.0 cm³/mol. The molecule has 1 atom stereocenters. The van der Waals surface area contributed by atoms with Crippen LogP contribution in [-0.2, 0) is 0 Å². The lowest BCUT2D eigenvalue weighted by molar-refractivity contribution is 0.147. The normalized spacial score (nSPS) is 17.9. The molecule has 4 nitrogen and oxygen atoms in total. The molecule has 0 radical (unpaired) electrons. The van der Waals surface area contributed by atoms with Gasteiger partial charge in [-0.3, -0.25) is 0 Å². The van der Waals surface area contributed by atoms with Gasteiger partial charge in [0.2, 0.25) is 0 Å². The summed E-state index contributed by atoms with van der Waals surface area (Å²) < 4.78 is 5.44. The van der Waals surface area contributed by atoms with Crippen molar-refractivity contribution in [2.24, 2.45) is 0 Å². The van der Waals surface area contributed by atoms with Crippen LogP contribution in [0.2, 0.25) is 0 Å². The van der Waals surface area contributed by atoms with Crippen molar-refractivity contribution in [1.29, 1.82) is 0 Å². The van der Waals surface area contributed by atoms with Gasteiger partial charge in [-0.05, 0) is 37.9 Å². The predicted octanol–water partition coefficient (Wildman–Crippen LogP) is 3.04. The summed E-state index contributed by atoms with van der Waals surface area (Å²) in [6.45, 7) is 4.69. The van der Waals surface area contributed by atoms with Crippen molar-refractivity contribution in [3.05, 3.63) is 30.3 Å². The second-order valence-corrected chi connectivity index (χ2v) is 5.27. The molecule has 1 fully saturated rings. The molecule has 0 aromatic heterocycles. The van der Waals surface area contributed by atoms with Gasteiger partial charge in [-0.15, -0.1) is 0 Å². The number of benzene rings is 1. The summed E-state index contributed by atoms with van der Waals surface area (Å²) in [6.07, 6.45) is 4.18. The highest BCUT2D eigenvalue weighted by Crippen LogP contribution is 2.13. The van der Waals surface area contributed by atoms with E-state index in [0.717, 1.165) is 38.9 Å². The van der Waals surface area contributed by atoms with Crippen LogP contribution in [-0.4, -0.2) is 36.7 Å². The molecular weight excluding hydrogens is 252 g/mol. The Morgan fingerprint density at radius 1 is 1.40 bits per heavy atom. The van der Waals surface area contributed by atoms with Crippen molar-refractivity contribution < 1.29 is 9.53 Å². The molecule has 1 amide bonds. The van der Waals surface area contributed by atoms with Crippen LogP contribution in [0.5, 0.6) is 5.75 Å². The lowest BCUT2D eigenvalue weighted by atomic mass is 10.2. The molecule has 0 saturated carbocycles. The van der Waals surface area contributed by atoms with Crippen molar-refractivity contribution in [2.75, 3.05) is 19.6 Å². The number of hydrogen-bond acceptors (Lipinski definition) is 3. The summed E-state index contributed by atoms with van der Waals surface area (Å²) in [7, 11) is 0. The van der Waals surface area contributed by atoms with E-state index in [1.54, 1.807) is 0 Å². The zero-order chi connectivity index (χ0) is 14.2. The Morgan fingerprint density at radius 3 is 2.85 bits per heavy atom. The molecule has 1 saturated heterocycles. The molecule has 1 heterocycles. The van der Waals surface area contributed by atoms with Crippen molar-refractivity contribution in [3.63, 3.8) is 0 Å². The maximum Gasteiger partial charge on any atom is 0.415 e. The molecule has 1 unspecified atom stereocenters. The molecular formula is C16H24N2O2. The van der Waals surface area contributed by atoms with Crippen LogP contribution in [0, 0.1) is 0 Å². The SMILES string of the molecule is CCCCN(CC1CCCN1)C(=O)Oc1ccccc1. The second kappa shape index (κ2) is 7.90. The summed E-state index contributed by atoms with van der Waals surface area (Å²) in [5, 5.41) is 3.43. The van der Waals surface area contributed by atoms with Gasteiger partial charge in [0.05, 0.1) is 0 Å². The number of carbonyl (C=O) groups excluding carboxylic acids is 1. The van der Waals surface area contributed by atoms with Crippen molar-refractivity contribution >= 4 is 6.09 Å². The van der Waals surface area contributed by atoms with E-state index in [1.165, 1.54) is 6.42 Å². The average molecular weight is 276 g/mol. The van der Waals surface area contributed by atoms with Gasteiger partial charge in [-0.25, -0.2) is 4.79 Å². The Morgan fingerprint density at radius 2 is 2.20 bits per heavy atom. The van der Waals surface area contributed by atoms with Crippen LogP contribution in [0.1, 0.15) is 32.6 Å². The van der Waals surface area contributed by atoms with Crippen molar-refractivity contribution in [1.82, 2.24) is 10.2 Å². The number of ether oxygens (including phenoxy) is 1. The topological polar surface area (TPSA) is 41.6 Å². The molecule has 1 N–H and O–H groups in total. The fourth-order valence-corrected chi connectivity index (χ4v) is 2.44. The molecule has 2 rings (SSSR count). The number of nitrogens with one attached hydrogen (secondary N) is 1. The maximum atomic E-state index is 12.3. The van der Waals surface area contributed by atoms with E-state index in [0.29, 0.717) is 11.8 Å². The molecule has 1 aromatic carbocycles. The zero-order valence-corrected chi connectivity index (χ0v) is 12.2. The highest BCUT2D eigenvalue weighted by molar-refractivity contribution is 5.70. The van der Waals surface area contributed by atoms with E-state index >= 15 is 0 Å². The highest BCUT2D eigenvalue weighted by Gasteiger charge is 2.22. The smallest absolute Gasteiger partial charge is 0.410 e. The molecule has 1 aromatic rings. The number of nitrogens with zero attached hydrogens (tertiary/aromatic N) is 1. The van der Waals surface area contributed by atoms with E-state index in [2.05, 4.69) is 12.2 Å². The van der Waals surface area contributed by atoms with Gasteiger partial charge in [0.25, 0.3) is 0 Å². The molecule has 0 aliphatic carbocycles. The van der Waals surface area contributed by atoms with Gasteiger partial charge in [-0.1, -0.05) is 31.5 Å². The van der Waals surface area contributed by atoms with Crippen LogP contribution in [0.15, 0.2) is 30.3 Å². The summed E-state index contributed by atoms with van der Waals surface area (Å²) in [5.74, 6) is 0.610. The Balaban J connectivity index is 1.91. The minimum Gasteiger partial charge on any atom is -0.410 e. The first-order chi connectivity index (χ1) is 9.79. The van der Waals surface area contributed by atoms with Gasteiger partial charge < -0.3 is 15.0 Å². The monoisotopic (exact) mass is 276 g/mol. The summed E-state index contributed by atoms with van der Waals surface area (Å²) in [6, 6.07) is 9.69. The van der Waals surface area contributed by atoms with E-state index in [1.807, 2.05) is 35.2 Å². The quantitative estimate of drug-likeness (QED) is 0.868. The lowest BCUT2D eigenvalue weighted by Gasteiger charge is -2.25. The first-order valence-corrected chi connectivity index (χ1v) is 7.54. The zero-order valence-electron chi connectivity index (χ0n) is 12.2. The van der Waals surface area contributed by atoms with E-state index in [9.17, 15) is 4.79 Å². The first-order valence-electron chi connectivity index (χ1n) is 7.54. The number of unbranched alkanes of at least 4 members (excludes halogenated alkanes) is 1. The fraction of sp³-hybridized carbons (Fsp3) is 0.562. The maximum absolute atomic E-state index is 12.3. The van der Waals surface area contributed by atoms with Gasteiger partial charge in [0.15, 0.2) is 0 Å². The standard InChI is InChI=1S/C16H24N2O2/c1-2-3-12-18(13-14-8-7-11-17-14)16(19)20-15-9-5-4-6-10-15/h4-6,9-10,14,17H,2-3,7-8,11-13H2,1H3. The Labute approximate surface area is 121 Å². The number of para-hydroxylation sites is 1. The first kappa shape index (κ1) is 14.9. The lowest BCUT2D eigenvalue weighted by Crippen LogP contribution is -2.42. The van der Waals surface area contributed by atoms with Gasteiger partial charge >= 0.3 is 6.09 Å². The van der Waals surface area contributed by atoms with E-state index < -0.39 is 0 Å². The van der Waals surface area contributed by atoms with Crippen molar-refractivity contribution in [3.8, 4) is 5.75 Å². The highest BCUT2D eigenvalue weighted by atomic mass is 16.6. The fourth-order valence-electron chi connectivity index (χ4n) is 2.44. The largest absolute Gasteiger partial charge is 0.415 e. The number of amides is 1. The molecule has 1 aliphatic rings. The van der Waals surface area contributed by atoms with Gasteiger partial charge in [0.1, 0.15) is 5.75 Å². The van der Waals surface area contributed by atoms with E-state index in [4.69, 9.17) is 4.74 Å². The van der Waals surface area contributed by atoms with Gasteiger partial charge in [-0.2, -0.15) is 0 Å². The third-order valence-corrected chi connectivity index (χ3v) is 3.59. The Bertz CT molecular complexity index is 402. The molecule has 110 valence electrons. The second-order valence-electron chi connectivity index (χ2n) is 5.27. The van der Waals surface area contributed by atoms with Crippen LogP contribution < -0.4 is 10.1 Å². The van der Waals surface area contributed by atoms with Gasteiger partial charge in [0, 0.05) is 19.1 Å². The van der Waals surface area contributed by atoms with Crippen LogP contribution in [0.3, 0.4) is 0 Å². The molecule has 20 heavy (non-hydrogen) atoms. The van der Waals surface area contributed by atoms with Crippen LogP contribution in [0.25, 0.3) is 0 Å². The third-order valence-electron chi connectivity index (χ3n) is 3.59. The summed E-state index contributed by atoms with van der Waals surface area (Å²) >= 11 is 0. The molecule has 0 spiro atoms. The average Bonchev–Trinajstić information content (AvgIpc) is 2.97. The molecule has 1 aliphatic heterocycles. The van der Waals surface area contributed by atoms with E-state index in [-0.39, 0.29) is 6.09 Å². The van der Waals surface area contributed by atoms with Crippen LogP contribution >= 0.6 is 0 Å². The third kappa shape index (κ3) is 4.53. The minimum atomic E-state index is -0.238. The van der Waals surface area contributed by atoms with Crippen molar-refractivity contribution in [2.45, 2.75) is 38.6 Å².